The first-order valence-electron chi connectivity index (χ1n) is 6.66. The van der Waals surface area contributed by atoms with Crippen molar-refractivity contribution in [2.75, 3.05) is 5.88 Å². The van der Waals surface area contributed by atoms with Crippen LogP contribution < -0.4 is 5.32 Å². The number of hydrogen-bond acceptors (Lipinski definition) is 1. The van der Waals surface area contributed by atoms with E-state index in [4.69, 9.17) is 11.6 Å². The molecule has 0 bridgehead atoms. The van der Waals surface area contributed by atoms with Crippen molar-refractivity contribution in [2.24, 2.45) is 5.92 Å². The zero-order valence-corrected chi connectivity index (χ0v) is 12.8. The average Bonchev–Trinajstić information content (AvgIpc) is 2.66. The molecule has 1 N–H and O–H groups in total. The number of hydrogen-bond donors (Lipinski definition) is 1. The van der Waals surface area contributed by atoms with Crippen molar-refractivity contribution in [2.45, 2.75) is 42.5 Å². The van der Waals surface area contributed by atoms with Gasteiger partial charge in [0.05, 0.1) is 0 Å². The molecule has 0 saturated carbocycles. The Labute approximate surface area is 119 Å². The van der Waals surface area contributed by atoms with Crippen LogP contribution in [0.4, 0.5) is 0 Å². The maximum absolute atomic E-state index is 12.1. The summed E-state index contributed by atoms with van der Waals surface area (Å²) < 4.78 is -0.0687. The predicted molar refractivity (Wildman–Crippen MR) is 74.9 cm³/mol. The van der Waals surface area contributed by atoms with Gasteiger partial charge in [0.1, 0.15) is 0 Å². The molecule has 18 heavy (non-hydrogen) atoms. The molecule has 0 radical (unpaired) electrons. The van der Waals surface area contributed by atoms with Gasteiger partial charge in [0, 0.05) is 0 Å². The summed E-state index contributed by atoms with van der Waals surface area (Å²) in [6.07, 6.45) is 10.3. The fourth-order valence-electron chi connectivity index (χ4n) is 3.20. The Hall–Kier alpha value is -0.241. The molecule has 0 aromatic carbocycles. The van der Waals surface area contributed by atoms with E-state index < -0.39 is 0 Å². The van der Waals surface area contributed by atoms with Crippen LogP contribution in [0.5, 0.6) is 0 Å². The molecule has 3 rings (SSSR count). The van der Waals surface area contributed by atoms with E-state index in [-0.39, 0.29) is 10.2 Å². The molecule has 3 atom stereocenters. The van der Waals surface area contributed by atoms with E-state index in [1.165, 1.54) is 24.8 Å². The fraction of sp³-hybridized carbons (Fsp3) is 0.643. The van der Waals surface area contributed by atoms with Crippen LogP contribution in [0.15, 0.2) is 22.7 Å². The van der Waals surface area contributed by atoms with Crippen molar-refractivity contribution in [1.82, 2.24) is 5.32 Å². The summed E-state index contributed by atoms with van der Waals surface area (Å²) in [4.78, 5) is 14.4. The first-order chi connectivity index (χ1) is 8.76. The summed E-state index contributed by atoms with van der Waals surface area (Å²) in [7, 11) is 0. The molecule has 2 nitrogen and oxygen atoms in total. The Morgan fingerprint density at radius 1 is 1.56 bits per heavy atom. The third kappa shape index (κ3) is 1.97. The first-order valence-corrected chi connectivity index (χ1v) is 9.04. The first kappa shape index (κ1) is 12.8. The molecule has 1 saturated heterocycles. The van der Waals surface area contributed by atoms with E-state index in [1.54, 1.807) is 0 Å². The molecular weight excluding hydrogens is 313 g/mol. The monoisotopic (exact) mass is 331 g/mol. The van der Waals surface area contributed by atoms with Gasteiger partial charge in [-0.3, -0.25) is 0 Å². The van der Waals surface area contributed by atoms with Crippen LogP contribution in [-0.4, -0.2) is 32.8 Å². The summed E-state index contributed by atoms with van der Waals surface area (Å²) in [6.45, 7) is 0. The predicted octanol–water partition coefficient (Wildman–Crippen LogP) is 2.62. The quantitative estimate of drug-likeness (QED) is 0.365. The van der Waals surface area contributed by atoms with Crippen LogP contribution in [0.25, 0.3) is 0 Å². The third-order valence-corrected chi connectivity index (χ3v) is 7.41. The van der Waals surface area contributed by atoms with Crippen molar-refractivity contribution in [3.8, 4) is 0 Å². The van der Waals surface area contributed by atoms with Gasteiger partial charge in [0.25, 0.3) is 0 Å². The number of fused-ring (bicyclic) bond motifs is 1. The number of β-lactam (4-membered cyclic amide) rings is 1. The second kappa shape index (κ2) is 5.03. The van der Waals surface area contributed by atoms with E-state index in [1.807, 2.05) is 0 Å². The molecule has 1 amide bonds. The molecule has 98 valence electrons. The molecule has 0 aromatic heterocycles. The SMILES string of the molecule is O=C1NC2C(CCCl)=C[Se]C12CC1C=CCCC1. The van der Waals surface area contributed by atoms with Gasteiger partial charge in [-0.25, -0.2) is 0 Å². The summed E-state index contributed by atoms with van der Waals surface area (Å²) in [5, 5.41) is 3.10. The Morgan fingerprint density at radius 3 is 3.11 bits per heavy atom. The van der Waals surface area contributed by atoms with Crippen LogP contribution in [0.2, 0.25) is 4.31 Å². The molecule has 0 aromatic rings. The van der Waals surface area contributed by atoms with Gasteiger partial charge in [-0.2, -0.15) is 0 Å². The molecule has 1 aliphatic carbocycles. The van der Waals surface area contributed by atoms with E-state index in [9.17, 15) is 4.79 Å². The molecule has 2 aliphatic heterocycles. The Balaban J connectivity index is 1.72. The number of amides is 1. The number of carbonyl (C=O) groups is 1. The van der Waals surface area contributed by atoms with E-state index >= 15 is 0 Å². The van der Waals surface area contributed by atoms with Crippen LogP contribution in [0, 0.1) is 5.92 Å². The molecule has 2 heterocycles. The second-order valence-corrected chi connectivity index (χ2v) is 8.26. The van der Waals surface area contributed by atoms with Crippen molar-refractivity contribution in [1.29, 1.82) is 0 Å². The van der Waals surface area contributed by atoms with Crippen LogP contribution in [0.1, 0.15) is 32.1 Å². The van der Waals surface area contributed by atoms with Gasteiger partial charge >= 0.3 is 120 Å². The Morgan fingerprint density at radius 2 is 2.44 bits per heavy atom. The second-order valence-electron chi connectivity index (χ2n) is 5.37. The van der Waals surface area contributed by atoms with Gasteiger partial charge < -0.3 is 0 Å². The third-order valence-electron chi connectivity index (χ3n) is 4.22. The number of alkyl halides is 1. The van der Waals surface area contributed by atoms with Gasteiger partial charge in [-0.05, 0) is 0 Å². The summed E-state index contributed by atoms with van der Waals surface area (Å²) in [5.74, 6) is 1.55. The summed E-state index contributed by atoms with van der Waals surface area (Å²) >= 11 is 6.15. The Bertz CT molecular complexity index is 420. The number of carbonyl (C=O) groups excluding carboxylic acids is 1. The Kier molecular flexibility index (Phi) is 3.57. The normalized spacial score (nSPS) is 37.8. The van der Waals surface area contributed by atoms with Gasteiger partial charge in [0.15, 0.2) is 0 Å². The van der Waals surface area contributed by atoms with Crippen molar-refractivity contribution >= 4 is 32.5 Å². The van der Waals surface area contributed by atoms with Crippen molar-refractivity contribution in [3.63, 3.8) is 0 Å². The zero-order chi connectivity index (χ0) is 12.6. The minimum atomic E-state index is -0.0687. The van der Waals surface area contributed by atoms with Crippen molar-refractivity contribution < 1.29 is 4.79 Å². The van der Waals surface area contributed by atoms with Crippen LogP contribution >= 0.6 is 11.6 Å². The zero-order valence-electron chi connectivity index (χ0n) is 10.3. The van der Waals surface area contributed by atoms with E-state index in [2.05, 4.69) is 22.4 Å². The van der Waals surface area contributed by atoms with Crippen molar-refractivity contribution in [3.05, 3.63) is 22.7 Å². The van der Waals surface area contributed by atoms with Crippen LogP contribution in [0.3, 0.4) is 0 Å². The number of nitrogens with one attached hydrogen (secondary N) is 1. The molecule has 3 aliphatic rings. The molecule has 1 fully saturated rings. The number of rotatable bonds is 4. The fourth-order valence-corrected chi connectivity index (χ4v) is 6.44. The molecule has 4 heteroatoms. The standard InChI is InChI=1S/C14H18ClNOSe/c15-7-6-11-9-18-14(12(11)16-13(14)17)8-10-4-2-1-3-5-10/h2,4,9-10,12H,1,3,5-8H2,(H,16,17). The number of allylic oxidation sites excluding steroid dienone is 2. The molecular formula is C14H18ClNOSe. The van der Waals surface area contributed by atoms with Gasteiger partial charge in [-0.15, -0.1) is 0 Å². The van der Waals surface area contributed by atoms with E-state index in [0.29, 0.717) is 32.8 Å². The topological polar surface area (TPSA) is 29.1 Å². The van der Waals surface area contributed by atoms with Crippen LogP contribution in [-0.2, 0) is 4.79 Å². The molecule has 3 unspecified atom stereocenters. The summed E-state index contributed by atoms with van der Waals surface area (Å²) in [5.41, 5.74) is 1.38. The minimum absolute atomic E-state index is 0.0687. The summed E-state index contributed by atoms with van der Waals surface area (Å²) in [6, 6.07) is 0.305. The molecule has 0 spiro atoms. The van der Waals surface area contributed by atoms with Gasteiger partial charge in [0.2, 0.25) is 0 Å². The maximum atomic E-state index is 12.1. The number of halogens is 1. The van der Waals surface area contributed by atoms with E-state index in [0.717, 1.165) is 12.8 Å². The van der Waals surface area contributed by atoms with Gasteiger partial charge in [-0.1, -0.05) is 0 Å². The average molecular weight is 331 g/mol.